The zero-order valence-corrected chi connectivity index (χ0v) is 28.9. The van der Waals surface area contributed by atoms with E-state index >= 15 is 0 Å². The van der Waals surface area contributed by atoms with Crippen LogP contribution >= 0.6 is 0 Å². The maximum Gasteiger partial charge on any atom is 0.340 e. The normalized spacial score (nSPS) is 44.4. The van der Waals surface area contributed by atoms with E-state index in [0.717, 1.165) is 6.42 Å². The zero-order chi connectivity index (χ0) is 35.1. The van der Waals surface area contributed by atoms with Crippen LogP contribution in [0.5, 0.6) is 0 Å². The number of amides is 1. The first-order chi connectivity index (χ1) is 23.4. The van der Waals surface area contributed by atoms with E-state index in [1.54, 1.807) is 52.7 Å². The summed E-state index contributed by atoms with van der Waals surface area (Å²) in [5.41, 5.74) is -4.18. The van der Waals surface area contributed by atoms with Crippen molar-refractivity contribution in [3.05, 3.63) is 29.8 Å². The molecule has 0 unspecified atom stereocenters. The van der Waals surface area contributed by atoms with E-state index in [4.69, 9.17) is 28.8 Å². The molecule has 0 radical (unpaired) electrons. The molecular weight excluding hydrogens is 636 g/mol. The molecule has 6 aliphatic rings. The predicted octanol–water partition coefficient (Wildman–Crippen LogP) is 1.94. The first kappa shape index (κ1) is 34.8. The van der Waals surface area contributed by atoms with E-state index < -0.39 is 52.0 Å². The molecule has 1 aromatic rings. The molecule has 13 atom stereocenters. The minimum Gasteiger partial charge on any atom is -0.481 e. The fraction of sp³-hybridized carbons (Fsp3) is 0.750. The van der Waals surface area contributed by atoms with Crippen molar-refractivity contribution in [2.24, 2.45) is 34.5 Å². The second-order valence-electron chi connectivity index (χ2n) is 15.2. The average molecular weight is 687 g/mol. The Morgan fingerprint density at radius 3 is 2.43 bits per heavy atom. The number of likely N-dealkylation sites (tertiary alicyclic amines) is 1. The Hall–Kier alpha value is -2.65. The summed E-state index contributed by atoms with van der Waals surface area (Å²) in [4.78, 5) is 39.6. The number of ether oxygens (including phenoxy) is 5. The Bertz CT molecular complexity index is 1490. The Balaban J connectivity index is 1.29. The molecule has 13 heteroatoms. The van der Waals surface area contributed by atoms with Crippen molar-refractivity contribution < 1.29 is 53.4 Å². The number of nitrogens with zero attached hydrogens (tertiary/aromatic N) is 1. The zero-order valence-electron chi connectivity index (χ0n) is 28.9. The molecule has 1 aromatic carbocycles. The highest BCUT2D eigenvalue weighted by molar-refractivity contribution is 6.01. The molecule has 1 amide bonds. The van der Waals surface area contributed by atoms with Gasteiger partial charge in [-0.25, -0.2) is 4.79 Å². The molecule has 13 nitrogen and oxygen atoms in total. The molecule has 5 aliphatic carbocycles. The van der Waals surface area contributed by atoms with Gasteiger partial charge in [0.15, 0.2) is 0 Å². The number of anilines is 1. The number of likely N-dealkylation sites (N-methyl/N-ethyl adjacent to an activating group) is 1. The quantitative estimate of drug-likeness (QED) is 0.236. The lowest BCUT2D eigenvalue weighted by Crippen LogP contribution is -2.82. The van der Waals surface area contributed by atoms with Crippen molar-refractivity contribution in [3.63, 3.8) is 0 Å². The van der Waals surface area contributed by atoms with Crippen molar-refractivity contribution in [2.45, 2.75) is 87.1 Å². The fourth-order valence-electron chi connectivity index (χ4n) is 12.5. The van der Waals surface area contributed by atoms with E-state index in [1.165, 1.54) is 0 Å². The number of hydrogen-bond donors (Lipinski definition) is 4. The van der Waals surface area contributed by atoms with E-state index in [-0.39, 0.29) is 79.1 Å². The first-order valence-corrected chi connectivity index (χ1v) is 17.5. The Morgan fingerprint density at radius 1 is 1.02 bits per heavy atom. The lowest BCUT2D eigenvalue weighted by molar-refractivity contribution is -0.320. The molecule has 49 heavy (non-hydrogen) atoms. The second-order valence-corrected chi connectivity index (χ2v) is 15.2. The van der Waals surface area contributed by atoms with Crippen molar-refractivity contribution in [3.8, 4) is 0 Å². The van der Waals surface area contributed by atoms with Crippen LogP contribution in [0, 0.1) is 34.5 Å². The smallest absolute Gasteiger partial charge is 0.340 e. The molecule has 7 rings (SSSR count). The molecule has 1 aliphatic heterocycles. The van der Waals surface area contributed by atoms with E-state index in [1.807, 2.05) is 0 Å². The number of esters is 1. The summed E-state index contributed by atoms with van der Waals surface area (Å²) in [6, 6.07) is 6.04. The molecule has 0 aromatic heterocycles. The van der Waals surface area contributed by atoms with Crippen LogP contribution in [0.3, 0.4) is 0 Å². The molecule has 4 N–H and O–H groups in total. The molecule has 1 heterocycles. The van der Waals surface area contributed by atoms with Crippen LogP contribution in [0.25, 0.3) is 0 Å². The summed E-state index contributed by atoms with van der Waals surface area (Å²) in [6.07, 6.45) is 0.0966. The molecule has 7 bridgehead atoms. The van der Waals surface area contributed by atoms with Gasteiger partial charge in [0.25, 0.3) is 0 Å². The number of aliphatic hydroxyl groups is 2. The Labute approximate surface area is 286 Å². The highest BCUT2D eigenvalue weighted by Gasteiger charge is 2.91. The molecule has 5 saturated carbocycles. The highest BCUT2D eigenvalue weighted by atomic mass is 16.5. The number of fused-ring (bicyclic) bond motifs is 2. The Morgan fingerprint density at radius 2 is 1.78 bits per heavy atom. The van der Waals surface area contributed by atoms with Crippen LogP contribution in [-0.4, -0.2) is 128 Å². The lowest BCUT2D eigenvalue weighted by atomic mass is 9.42. The number of carbonyl (C=O) groups excluding carboxylic acids is 2. The number of methoxy groups -OCH3 is 4. The topological polar surface area (TPSA) is 173 Å². The molecule has 270 valence electrons. The van der Waals surface area contributed by atoms with Crippen LogP contribution < -0.4 is 5.32 Å². The van der Waals surface area contributed by atoms with Gasteiger partial charge in [0.2, 0.25) is 5.91 Å². The van der Waals surface area contributed by atoms with Gasteiger partial charge in [0.05, 0.1) is 54.7 Å². The van der Waals surface area contributed by atoms with Crippen LogP contribution in [0.15, 0.2) is 24.3 Å². The first-order valence-electron chi connectivity index (χ1n) is 17.5. The van der Waals surface area contributed by atoms with E-state index in [9.17, 15) is 24.6 Å². The minimum absolute atomic E-state index is 0.0305. The maximum atomic E-state index is 13.9. The number of nitrogens with one attached hydrogen (secondary N) is 1. The lowest BCUT2D eigenvalue weighted by Gasteiger charge is -2.70. The number of hydrogen-bond acceptors (Lipinski definition) is 11. The van der Waals surface area contributed by atoms with Gasteiger partial charge in [-0.05, 0) is 43.9 Å². The summed E-state index contributed by atoms with van der Waals surface area (Å²) in [5.74, 6) is -2.97. The van der Waals surface area contributed by atoms with E-state index in [0.29, 0.717) is 25.9 Å². The van der Waals surface area contributed by atoms with Gasteiger partial charge in [-0.1, -0.05) is 19.1 Å². The van der Waals surface area contributed by atoms with E-state index in [2.05, 4.69) is 17.1 Å². The largest absolute Gasteiger partial charge is 0.481 e. The van der Waals surface area contributed by atoms with Gasteiger partial charge in [-0.2, -0.15) is 0 Å². The monoisotopic (exact) mass is 686 g/mol. The maximum absolute atomic E-state index is 13.9. The SMILES string of the molecule is CCN1C[C@]2(COC(=O)c3ccccc3NC(=O)CCC(=O)O)CC[C@H](OC)[C@@]34[C@@H]5C[C@H]6[C@H](OC)[C@@H]5[C@](O)(C[C@@H]6OC)[C@@](O)([C@@H](OC)[C@H]23)[C@@H]14. The van der Waals surface area contributed by atoms with Gasteiger partial charge < -0.3 is 44.3 Å². The van der Waals surface area contributed by atoms with Gasteiger partial charge in [0.1, 0.15) is 11.2 Å². The van der Waals surface area contributed by atoms with Gasteiger partial charge in [-0.15, -0.1) is 0 Å². The molecule has 1 saturated heterocycles. The summed E-state index contributed by atoms with van der Waals surface area (Å²) in [5, 5.41) is 38.2. The van der Waals surface area contributed by atoms with Crippen LogP contribution in [0.1, 0.15) is 55.8 Å². The number of carboxylic acids is 1. The van der Waals surface area contributed by atoms with Gasteiger partial charge >= 0.3 is 11.9 Å². The van der Waals surface area contributed by atoms with Crippen molar-refractivity contribution in [1.82, 2.24) is 4.90 Å². The van der Waals surface area contributed by atoms with Crippen LogP contribution in [-0.2, 0) is 33.3 Å². The average Bonchev–Trinajstić information content (AvgIpc) is 3.51. The molecule has 6 fully saturated rings. The number of para-hydroxylation sites is 1. The number of piperidine rings is 1. The third-order valence-corrected chi connectivity index (χ3v) is 13.8. The number of carboxylic acid groups (broad SMARTS) is 1. The Kier molecular flexibility index (Phi) is 8.69. The summed E-state index contributed by atoms with van der Waals surface area (Å²) in [7, 11) is 6.66. The van der Waals surface area contributed by atoms with Gasteiger partial charge in [0, 0.05) is 76.4 Å². The standard InChI is InChI=1S/C36H50N2O11/c1-6-38-17-33(18-49-31(42)19-9-7-8-10-22(19)37-25(39)11-12-26(40)41)14-13-24(46-3)35-21-15-20-23(45-2)16-34(43,27(21)28(20)47-4)36(44,32(35)38)30(48-5)29(33)35/h7-10,20-21,23-24,27-30,32,43-44H,6,11-18H2,1-5H3,(H,37,39)(H,40,41)/t20-,21-,23+,24+,27-,28+,29-,30+,32+,33+,34-,35+,36-/m1/s1. The van der Waals surface area contributed by atoms with Crippen LogP contribution in [0.4, 0.5) is 5.69 Å². The predicted molar refractivity (Wildman–Crippen MR) is 174 cm³/mol. The van der Waals surface area contributed by atoms with Crippen molar-refractivity contribution >= 4 is 23.5 Å². The number of rotatable bonds is 12. The molecular formula is C36H50N2O11. The number of aliphatic carboxylic acids is 1. The second kappa shape index (κ2) is 12.2. The minimum atomic E-state index is -1.70. The fourth-order valence-corrected chi connectivity index (χ4v) is 12.5. The van der Waals surface area contributed by atoms with Crippen molar-refractivity contribution in [1.29, 1.82) is 0 Å². The number of carbonyl (C=O) groups is 3. The summed E-state index contributed by atoms with van der Waals surface area (Å²) < 4.78 is 31.2. The highest BCUT2D eigenvalue weighted by Crippen LogP contribution is 2.80. The number of benzene rings is 1. The van der Waals surface area contributed by atoms with Crippen LogP contribution in [0.2, 0.25) is 0 Å². The van der Waals surface area contributed by atoms with Gasteiger partial charge in [-0.3, -0.25) is 14.5 Å². The van der Waals surface area contributed by atoms with Crippen molar-refractivity contribution in [2.75, 3.05) is 53.5 Å². The third kappa shape index (κ3) is 4.45. The molecule has 1 spiro atoms. The summed E-state index contributed by atoms with van der Waals surface area (Å²) >= 11 is 0. The summed E-state index contributed by atoms with van der Waals surface area (Å²) in [6.45, 7) is 3.20. The third-order valence-electron chi connectivity index (χ3n) is 13.8.